The van der Waals surface area contributed by atoms with Crippen LogP contribution in [0.5, 0.6) is 0 Å². The molecule has 0 aliphatic heterocycles. The highest BCUT2D eigenvalue weighted by Crippen LogP contribution is 2.28. The van der Waals surface area contributed by atoms with Gasteiger partial charge in [-0.05, 0) is 25.1 Å². The summed E-state index contributed by atoms with van der Waals surface area (Å²) in [5, 5.41) is 11.2. The zero-order valence-corrected chi connectivity index (χ0v) is 12.9. The molecule has 2 aromatic carbocycles. The van der Waals surface area contributed by atoms with Crippen LogP contribution in [0.15, 0.2) is 42.5 Å². The largest absolute Gasteiger partial charge is 0.273 e. The van der Waals surface area contributed by atoms with E-state index in [4.69, 9.17) is 0 Å². The zero-order valence-electron chi connectivity index (χ0n) is 12.1. The molecule has 23 heavy (non-hydrogen) atoms. The number of hydrogen-bond donors (Lipinski definition) is 2. The second-order valence-electron chi connectivity index (χ2n) is 4.87. The van der Waals surface area contributed by atoms with Crippen LogP contribution in [0.3, 0.4) is 0 Å². The van der Waals surface area contributed by atoms with Gasteiger partial charge in [-0.15, -0.1) is 0 Å². The lowest BCUT2D eigenvalue weighted by molar-refractivity contribution is -0.384. The number of carbonyl (C=O) groups excluding carboxylic acids is 1. The number of nitrogens with zero attached hydrogens (tertiary/aromatic N) is 2. The normalized spacial score (nSPS) is 10.5. The van der Waals surface area contributed by atoms with Crippen LogP contribution < -0.4 is 10.9 Å². The van der Waals surface area contributed by atoms with Gasteiger partial charge in [0, 0.05) is 17.7 Å². The average Bonchev–Trinajstić information content (AvgIpc) is 2.95. The molecule has 1 heterocycles. The molecular weight excluding hydrogens is 316 g/mol. The fourth-order valence-corrected chi connectivity index (χ4v) is 2.82. The maximum Gasteiger partial charge on any atom is 0.270 e. The van der Waals surface area contributed by atoms with E-state index in [-0.39, 0.29) is 11.6 Å². The molecule has 0 aliphatic carbocycles. The SMILES string of the molecule is Cc1ccc(C(=O)NNc2nc3ccc([N+](=O)[O-])cc3s2)cc1. The first-order valence-electron chi connectivity index (χ1n) is 6.71. The van der Waals surface area contributed by atoms with Crippen LogP contribution in [-0.4, -0.2) is 15.8 Å². The predicted octanol–water partition coefficient (Wildman–Crippen LogP) is 3.27. The van der Waals surface area contributed by atoms with Crippen molar-refractivity contribution in [2.75, 3.05) is 5.43 Å². The number of nitrogens with one attached hydrogen (secondary N) is 2. The molecule has 0 saturated carbocycles. The lowest BCUT2D eigenvalue weighted by Crippen LogP contribution is -2.29. The summed E-state index contributed by atoms with van der Waals surface area (Å²) in [6.07, 6.45) is 0. The molecule has 8 heteroatoms. The molecule has 0 spiro atoms. The number of carbonyl (C=O) groups is 1. The van der Waals surface area contributed by atoms with E-state index in [1.54, 1.807) is 18.2 Å². The Hall–Kier alpha value is -3.00. The number of aromatic nitrogens is 1. The van der Waals surface area contributed by atoms with Gasteiger partial charge in [-0.1, -0.05) is 29.0 Å². The fraction of sp³-hybridized carbons (Fsp3) is 0.0667. The number of non-ortho nitro benzene ring substituents is 1. The van der Waals surface area contributed by atoms with Gasteiger partial charge in [0.05, 0.1) is 15.1 Å². The Morgan fingerprint density at radius 1 is 1.22 bits per heavy atom. The number of nitro groups is 1. The molecule has 2 N–H and O–H groups in total. The molecule has 1 aromatic heterocycles. The third-order valence-corrected chi connectivity index (χ3v) is 4.11. The number of amides is 1. The Morgan fingerprint density at radius 3 is 2.65 bits per heavy atom. The summed E-state index contributed by atoms with van der Waals surface area (Å²) in [5.41, 5.74) is 7.53. The smallest absolute Gasteiger partial charge is 0.270 e. The van der Waals surface area contributed by atoms with Crippen molar-refractivity contribution in [2.24, 2.45) is 0 Å². The second-order valence-corrected chi connectivity index (χ2v) is 5.90. The third kappa shape index (κ3) is 3.27. The molecule has 3 rings (SSSR count). The first kappa shape index (κ1) is 14.9. The average molecular weight is 328 g/mol. The Balaban J connectivity index is 1.72. The minimum atomic E-state index is -0.453. The highest BCUT2D eigenvalue weighted by Gasteiger charge is 2.11. The van der Waals surface area contributed by atoms with Gasteiger partial charge in [0.15, 0.2) is 0 Å². The Labute approximate surface area is 135 Å². The summed E-state index contributed by atoms with van der Waals surface area (Å²) in [4.78, 5) is 26.6. The molecule has 116 valence electrons. The van der Waals surface area contributed by atoms with Crippen molar-refractivity contribution in [3.8, 4) is 0 Å². The highest BCUT2D eigenvalue weighted by molar-refractivity contribution is 7.22. The Kier molecular flexibility index (Phi) is 3.90. The maximum atomic E-state index is 12.0. The van der Waals surface area contributed by atoms with Crippen molar-refractivity contribution in [1.82, 2.24) is 10.4 Å². The summed E-state index contributed by atoms with van der Waals surface area (Å²) in [6, 6.07) is 11.6. The molecule has 3 aromatic rings. The van der Waals surface area contributed by atoms with Gasteiger partial charge in [0.2, 0.25) is 5.13 Å². The summed E-state index contributed by atoms with van der Waals surface area (Å²) in [6.45, 7) is 1.94. The highest BCUT2D eigenvalue weighted by atomic mass is 32.1. The molecule has 1 amide bonds. The number of benzene rings is 2. The lowest BCUT2D eigenvalue weighted by atomic mass is 10.1. The molecule has 0 bridgehead atoms. The molecule has 0 unspecified atom stereocenters. The van der Waals surface area contributed by atoms with Gasteiger partial charge >= 0.3 is 0 Å². The van der Waals surface area contributed by atoms with Crippen molar-refractivity contribution in [1.29, 1.82) is 0 Å². The van der Waals surface area contributed by atoms with Gasteiger partial charge in [-0.3, -0.25) is 25.8 Å². The monoisotopic (exact) mass is 328 g/mol. The van der Waals surface area contributed by atoms with Crippen molar-refractivity contribution in [3.63, 3.8) is 0 Å². The quantitative estimate of drug-likeness (QED) is 0.566. The minimum Gasteiger partial charge on any atom is -0.273 e. The van der Waals surface area contributed by atoms with E-state index in [0.29, 0.717) is 20.9 Å². The number of aryl methyl sites for hydroxylation is 1. The van der Waals surface area contributed by atoms with E-state index in [1.807, 2.05) is 19.1 Å². The second kappa shape index (κ2) is 6.01. The fourth-order valence-electron chi connectivity index (χ4n) is 1.97. The van der Waals surface area contributed by atoms with Gasteiger partial charge in [0.25, 0.3) is 11.6 Å². The number of rotatable bonds is 4. The molecule has 0 radical (unpaired) electrons. The number of thiazole rings is 1. The van der Waals surface area contributed by atoms with E-state index in [0.717, 1.165) is 5.56 Å². The van der Waals surface area contributed by atoms with Crippen LogP contribution >= 0.6 is 11.3 Å². The Morgan fingerprint density at radius 2 is 1.96 bits per heavy atom. The molecule has 0 aliphatic rings. The van der Waals surface area contributed by atoms with Crippen molar-refractivity contribution in [2.45, 2.75) is 6.92 Å². The van der Waals surface area contributed by atoms with Crippen LogP contribution in [0.2, 0.25) is 0 Å². The van der Waals surface area contributed by atoms with Gasteiger partial charge in [-0.25, -0.2) is 4.98 Å². The van der Waals surface area contributed by atoms with E-state index in [2.05, 4.69) is 15.8 Å². The van der Waals surface area contributed by atoms with Crippen LogP contribution in [0.25, 0.3) is 10.2 Å². The molecule has 0 fully saturated rings. The van der Waals surface area contributed by atoms with Gasteiger partial charge in [0.1, 0.15) is 0 Å². The third-order valence-electron chi connectivity index (χ3n) is 3.18. The van der Waals surface area contributed by atoms with E-state index in [9.17, 15) is 14.9 Å². The summed E-state index contributed by atoms with van der Waals surface area (Å²) in [5.74, 6) is -0.282. The standard InChI is InChI=1S/C15H12N4O3S/c1-9-2-4-10(5-3-9)14(20)17-18-15-16-12-7-6-11(19(21)22)8-13(12)23-15/h2-8H,1H3,(H,16,18)(H,17,20). The maximum absolute atomic E-state index is 12.0. The van der Waals surface area contributed by atoms with Crippen molar-refractivity contribution >= 4 is 38.3 Å². The Bertz CT molecular complexity index is 889. The van der Waals surface area contributed by atoms with Crippen molar-refractivity contribution in [3.05, 3.63) is 63.7 Å². The minimum absolute atomic E-state index is 0.0105. The molecule has 7 nitrogen and oxygen atoms in total. The van der Waals surface area contributed by atoms with Crippen LogP contribution in [0.1, 0.15) is 15.9 Å². The zero-order chi connectivity index (χ0) is 16.4. The summed E-state index contributed by atoms with van der Waals surface area (Å²) < 4.78 is 0.672. The van der Waals surface area contributed by atoms with Crippen LogP contribution in [0.4, 0.5) is 10.8 Å². The summed E-state index contributed by atoms with van der Waals surface area (Å²) in [7, 11) is 0. The first-order valence-corrected chi connectivity index (χ1v) is 7.52. The molecule has 0 atom stereocenters. The van der Waals surface area contributed by atoms with Gasteiger partial charge < -0.3 is 0 Å². The van der Waals surface area contributed by atoms with E-state index in [1.165, 1.54) is 23.5 Å². The van der Waals surface area contributed by atoms with E-state index >= 15 is 0 Å². The number of anilines is 1. The van der Waals surface area contributed by atoms with Crippen molar-refractivity contribution < 1.29 is 9.72 Å². The van der Waals surface area contributed by atoms with Crippen LogP contribution in [0, 0.1) is 17.0 Å². The topological polar surface area (TPSA) is 97.2 Å². The number of hydrazine groups is 1. The molecular formula is C15H12N4O3S. The first-order chi connectivity index (χ1) is 11.0. The number of nitro benzene ring substituents is 1. The number of hydrogen-bond acceptors (Lipinski definition) is 6. The predicted molar refractivity (Wildman–Crippen MR) is 88.5 cm³/mol. The van der Waals surface area contributed by atoms with Crippen LogP contribution in [-0.2, 0) is 0 Å². The summed E-state index contributed by atoms with van der Waals surface area (Å²) >= 11 is 1.23. The van der Waals surface area contributed by atoms with E-state index < -0.39 is 4.92 Å². The van der Waals surface area contributed by atoms with Gasteiger partial charge in [-0.2, -0.15) is 0 Å². The molecule has 0 saturated heterocycles. The number of fused-ring (bicyclic) bond motifs is 1. The lowest BCUT2D eigenvalue weighted by Gasteiger charge is -2.05.